The van der Waals surface area contributed by atoms with Crippen LogP contribution in [-0.4, -0.2) is 16.0 Å². The minimum atomic E-state index is -0.0567. The van der Waals surface area contributed by atoms with Crippen LogP contribution in [0.2, 0.25) is 5.02 Å². The first kappa shape index (κ1) is 15.1. The Kier molecular flexibility index (Phi) is 4.33. The molecule has 0 aliphatic carbocycles. The summed E-state index contributed by atoms with van der Waals surface area (Å²) < 4.78 is 5.79. The summed E-state index contributed by atoms with van der Waals surface area (Å²) in [4.78, 5) is 4.32. The first-order chi connectivity index (χ1) is 9.92. The molecule has 5 nitrogen and oxygen atoms in total. The lowest BCUT2D eigenvalue weighted by Gasteiger charge is -2.14. The van der Waals surface area contributed by atoms with E-state index in [9.17, 15) is 0 Å². The van der Waals surface area contributed by atoms with E-state index in [0.29, 0.717) is 16.3 Å². The molecule has 0 saturated carbocycles. The van der Waals surface area contributed by atoms with Gasteiger partial charge in [0.15, 0.2) is 5.84 Å². The third kappa shape index (κ3) is 3.25. The van der Waals surface area contributed by atoms with Crippen LogP contribution in [0.5, 0.6) is 11.6 Å². The summed E-state index contributed by atoms with van der Waals surface area (Å²) in [5.41, 5.74) is 8.73. The highest BCUT2D eigenvalue weighted by atomic mass is 35.5. The van der Waals surface area contributed by atoms with Crippen LogP contribution in [0.4, 0.5) is 0 Å². The zero-order valence-electron chi connectivity index (χ0n) is 12.0. The normalized spacial score (nSPS) is 11.5. The molecular weight excluding hydrogens is 290 g/mol. The van der Waals surface area contributed by atoms with Gasteiger partial charge in [-0.3, -0.25) is 0 Å². The molecule has 0 aliphatic heterocycles. The Morgan fingerprint density at radius 1 is 1.29 bits per heavy atom. The summed E-state index contributed by atoms with van der Waals surface area (Å²) in [6.45, 7) is 5.61. The number of halogens is 1. The Morgan fingerprint density at radius 2 is 2.00 bits per heavy atom. The van der Waals surface area contributed by atoms with Crippen LogP contribution < -0.4 is 10.5 Å². The lowest BCUT2D eigenvalue weighted by atomic mass is 10.1. The predicted molar refractivity (Wildman–Crippen MR) is 82.5 cm³/mol. The molecule has 110 valence electrons. The van der Waals surface area contributed by atoms with E-state index in [2.05, 4.69) is 10.1 Å². The molecule has 0 saturated heterocycles. The van der Waals surface area contributed by atoms with Crippen LogP contribution in [0.1, 0.15) is 22.4 Å². The second-order valence-corrected chi connectivity index (χ2v) is 5.19. The van der Waals surface area contributed by atoms with Crippen molar-refractivity contribution in [3.8, 4) is 11.6 Å². The third-order valence-electron chi connectivity index (χ3n) is 2.97. The molecule has 0 fully saturated rings. The summed E-state index contributed by atoms with van der Waals surface area (Å²) >= 11 is 6.13. The minimum absolute atomic E-state index is 0.0567. The van der Waals surface area contributed by atoms with Crippen molar-refractivity contribution in [2.24, 2.45) is 10.9 Å². The molecule has 3 N–H and O–H groups in total. The molecular formula is C15H16ClN3O2. The summed E-state index contributed by atoms with van der Waals surface area (Å²) in [5.74, 6) is 0.676. The number of benzene rings is 1. The van der Waals surface area contributed by atoms with E-state index in [1.54, 1.807) is 12.1 Å². The highest BCUT2D eigenvalue weighted by molar-refractivity contribution is 6.32. The van der Waals surface area contributed by atoms with Crippen LogP contribution in [0.3, 0.4) is 0 Å². The van der Waals surface area contributed by atoms with Gasteiger partial charge in [0.25, 0.3) is 0 Å². The first-order valence-corrected chi connectivity index (χ1v) is 6.70. The molecule has 0 atom stereocenters. The molecule has 1 aromatic carbocycles. The molecule has 0 bridgehead atoms. The van der Waals surface area contributed by atoms with Crippen LogP contribution in [0, 0.1) is 20.8 Å². The smallest absolute Gasteiger partial charge is 0.230 e. The lowest BCUT2D eigenvalue weighted by Crippen LogP contribution is -2.17. The van der Waals surface area contributed by atoms with E-state index >= 15 is 0 Å². The molecule has 21 heavy (non-hydrogen) atoms. The first-order valence-electron chi connectivity index (χ1n) is 6.32. The second kappa shape index (κ2) is 6.01. The molecule has 0 aliphatic rings. The number of rotatable bonds is 3. The Hall–Kier alpha value is -2.27. The topological polar surface area (TPSA) is 80.7 Å². The number of oxime groups is 1. The third-order valence-corrected chi connectivity index (χ3v) is 3.28. The quantitative estimate of drug-likeness (QED) is 0.393. The highest BCUT2D eigenvalue weighted by Gasteiger charge is 2.16. The zero-order chi connectivity index (χ0) is 15.6. The maximum atomic E-state index is 8.92. The molecule has 0 amide bonds. The van der Waals surface area contributed by atoms with Crippen molar-refractivity contribution in [1.29, 1.82) is 0 Å². The van der Waals surface area contributed by atoms with Gasteiger partial charge in [0.05, 0.1) is 10.6 Å². The summed E-state index contributed by atoms with van der Waals surface area (Å²) in [6.07, 6.45) is 0. The maximum absolute atomic E-state index is 8.92. The van der Waals surface area contributed by atoms with Crippen LogP contribution >= 0.6 is 11.6 Å². The lowest BCUT2D eigenvalue weighted by molar-refractivity contribution is 0.318. The van der Waals surface area contributed by atoms with Gasteiger partial charge < -0.3 is 15.7 Å². The van der Waals surface area contributed by atoms with Crippen molar-refractivity contribution in [2.75, 3.05) is 0 Å². The van der Waals surface area contributed by atoms with Gasteiger partial charge in [-0.25, -0.2) is 4.98 Å². The highest BCUT2D eigenvalue weighted by Crippen LogP contribution is 2.32. The van der Waals surface area contributed by atoms with E-state index < -0.39 is 0 Å². The van der Waals surface area contributed by atoms with Gasteiger partial charge >= 0.3 is 0 Å². The van der Waals surface area contributed by atoms with Crippen molar-refractivity contribution >= 4 is 17.4 Å². The fourth-order valence-electron chi connectivity index (χ4n) is 2.03. The van der Waals surface area contributed by atoms with Gasteiger partial charge in [-0.1, -0.05) is 22.8 Å². The number of hydrogen-bond donors (Lipinski definition) is 2. The number of aromatic nitrogens is 1. The molecule has 0 radical (unpaired) electrons. The Morgan fingerprint density at radius 3 is 2.67 bits per heavy atom. The van der Waals surface area contributed by atoms with Gasteiger partial charge in [-0.2, -0.15) is 0 Å². The van der Waals surface area contributed by atoms with Gasteiger partial charge in [0, 0.05) is 5.69 Å². The Labute approximate surface area is 128 Å². The number of pyridine rings is 1. The van der Waals surface area contributed by atoms with Gasteiger partial charge in [-0.15, -0.1) is 0 Å². The average molecular weight is 306 g/mol. The fraction of sp³-hybridized carbons (Fsp3) is 0.200. The molecule has 1 aromatic heterocycles. The molecule has 6 heteroatoms. The monoisotopic (exact) mass is 305 g/mol. The largest absolute Gasteiger partial charge is 0.437 e. The van der Waals surface area contributed by atoms with Crippen molar-refractivity contribution < 1.29 is 9.94 Å². The zero-order valence-corrected chi connectivity index (χ0v) is 12.8. The average Bonchev–Trinajstić information content (AvgIpc) is 2.41. The number of hydrogen-bond acceptors (Lipinski definition) is 4. The van der Waals surface area contributed by atoms with Crippen LogP contribution in [0.15, 0.2) is 29.4 Å². The molecule has 2 rings (SSSR count). The van der Waals surface area contributed by atoms with E-state index in [1.807, 2.05) is 32.9 Å². The summed E-state index contributed by atoms with van der Waals surface area (Å²) in [7, 11) is 0. The predicted octanol–water partition coefficient (Wildman–Crippen LogP) is 3.55. The Bertz CT molecular complexity index is 714. The maximum Gasteiger partial charge on any atom is 0.230 e. The standard InChI is InChI=1S/C15H16ClN3O2/c1-8-4-5-11(16)12(6-8)21-15-13(14(17)19-20)9(2)7-10(3)18-15/h4-7,20H,1-3H3,(H2,17,19). The summed E-state index contributed by atoms with van der Waals surface area (Å²) in [5, 5.41) is 12.4. The van der Waals surface area contributed by atoms with Gasteiger partial charge in [-0.05, 0) is 50.1 Å². The molecule has 1 heterocycles. The number of amidine groups is 1. The second-order valence-electron chi connectivity index (χ2n) is 4.78. The van der Waals surface area contributed by atoms with Gasteiger partial charge in [0.2, 0.25) is 5.88 Å². The van der Waals surface area contributed by atoms with E-state index in [4.69, 9.17) is 27.3 Å². The van der Waals surface area contributed by atoms with E-state index in [1.165, 1.54) is 0 Å². The van der Waals surface area contributed by atoms with Crippen molar-refractivity contribution in [3.63, 3.8) is 0 Å². The number of nitrogens with two attached hydrogens (primary N) is 1. The number of nitrogens with zero attached hydrogens (tertiary/aromatic N) is 2. The van der Waals surface area contributed by atoms with E-state index in [-0.39, 0.29) is 11.7 Å². The van der Waals surface area contributed by atoms with Crippen molar-refractivity contribution in [1.82, 2.24) is 4.98 Å². The van der Waals surface area contributed by atoms with Crippen molar-refractivity contribution in [2.45, 2.75) is 20.8 Å². The fourth-order valence-corrected chi connectivity index (χ4v) is 2.19. The molecule has 0 spiro atoms. The number of aryl methyl sites for hydroxylation is 3. The van der Waals surface area contributed by atoms with Gasteiger partial charge in [0.1, 0.15) is 5.75 Å². The van der Waals surface area contributed by atoms with Crippen LogP contribution in [-0.2, 0) is 0 Å². The minimum Gasteiger partial charge on any atom is -0.437 e. The number of ether oxygens (including phenoxy) is 1. The van der Waals surface area contributed by atoms with Crippen molar-refractivity contribution in [3.05, 3.63) is 51.7 Å². The summed E-state index contributed by atoms with van der Waals surface area (Å²) in [6, 6.07) is 7.27. The molecule has 0 unspecified atom stereocenters. The Balaban J connectivity index is 2.55. The SMILES string of the molecule is Cc1ccc(Cl)c(Oc2nc(C)cc(C)c2/C(N)=N/O)c1. The van der Waals surface area contributed by atoms with E-state index in [0.717, 1.165) is 16.8 Å². The molecule has 2 aromatic rings. The van der Waals surface area contributed by atoms with Crippen LogP contribution in [0.25, 0.3) is 0 Å².